The third kappa shape index (κ3) is 2.80. The molecule has 3 N–H and O–H groups in total. The van der Waals surface area contributed by atoms with Gasteiger partial charge >= 0.3 is 0 Å². The second-order valence-corrected chi connectivity index (χ2v) is 5.87. The van der Waals surface area contributed by atoms with Crippen molar-refractivity contribution in [1.82, 2.24) is 0 Å². The molecular formula is C16H23NO4. The van der Waals surface area contributed by atoms with Gasteiger partial charge in [-0.05, 0) is 36.5 Å². The highest BCUT2D eigenvalue weighted by atomic mass is 16.7. The zero-order chi connectivity index (χ0) is 14.8. The maximum absolute atomic E-state index is 10.6. The van der Waals surface area contributed by atoms with Gasteiger partial charge in [-0.1, -0.05) is 19.3 Å². The van der Waals surface area contributed by atoms with Crippen LogP contribution in [0.3, 0.4) is 0 Å². The molecule has 0 bridgehead atoms. The maximum atomic E-state index is 10.6. The van der Waals surface area contributed by atoms with Crippen LogP contribution in [0.5, 0.6) is 17.2 Å². The molecule has 1 aliphatic heterocycles. The second kappa shape index (κ2) is 6.12. The fraction of sp³-hybridized carbons (Fsp3) is 0.625. The van der Waals surface area contributed by atoms with Crippen molar-refractivity contribution in [2.75, 3.05) is 13.9 Å². The molecule has 1 aromatic carbocycles. The summed E-state index contributed by atoms with van der Waals surface area (Å²) < 4.78 is 16.1. The Kier molecular flexibility index (Phi) is 4.22. The number of hydrogen-bond acceptors (Lipinski definition) is 5. The SMILES string of the molecule is COc1cc([C@H](N)[C@H](O)C2CCCCC2)cc2c1OCO2. The van der Waals surface area contributed by atoms with E-state index >= 15 is 0 Å². The number of fused-ring (bicyclic) bond motifs is 1. The first-order valence-electron chi connectivity index (χ1n) is 7.62. The van der Waals surface area contributed by atoms with Gasteiger partial charge in [0.2, 0.25) is 12.5 Å². The van der Waals surface area contributed by atoms with Crippen LogP contribution < -0.4 is 19.9 Å². The first kappa shape index (κ1) is 14.5. The van der Waals surface area contributed by atoms with Crippen LogP contribution in [-0.4, -0.2) is 25.1 Å². The average Bonchev–Trinajstić information content (AvgIpc) is 3.01. The predicted octanol–water partition coefficient (Wildman–Crippen LogP) is 2.36. The zero-order valence-corrected chi connectivity index (χ0v) is 12.4. The van der Waals surface area contributed by atoms with Crippen molar-refractivity contribution in [3.05, 3.63) is 17.7 Å². The summed E-state index contributed by atoms with van der Waals surface area (Å²) in [5.74, 6) is 2.13. The number of rotatable bonds is 4. The van der Waals surface area contributed by atoms with Crippen molar-refractivity contribution < 1.29 is 19.3 Å². The Morgan fingerprint density at radius 2 is 2.00 bits per heavy atom. The van der Waals surface area contributed by atoms with Crippen molar-refractivity contribution in [3.63, 3.8) is 0 Å². The third-order valence-electron chi connectivity index (χ3n) is 4.57. The molecular weight excluding hydrogens is 270 g/mol. The number of hydrogen-bond donors (Lipinski definition) is 2. The van der Waals surface area contributed by atoms with E-state index in [0.717, 1.165) is 18.4 Å². The van der Waals surface area contributed by atoms with Gasteiger partial charge in [0.1, 0.15) is 0 Å². The lowest BCUT2D eigenvalue weighted by atomic mass is 9.81. The van der Waals surface area contributed by atoms with Crippen LogP contribution in [0, 0.1) is 5.92 Å². The summed E-state index contributed by atoms with van der Waals surface area (Å²) in [7, 11) is 1.59. The van der Waals surface area contributed by atoms with E-state index in [2.05, 4.69) is 0 Å². The van der Waals surface area contributed by atoms with Gasteiger partial charge in [0.15, 0.2) is 11.5 Å². The van der Waals surface area contributed by atoms with Gasteiger partial charge in [-0.15, -0.1) is 0 Å². The van der Waals surface area contributed by atoms with Crippen molar-refractivity contribution in [3.8, 4) is 17.2 Å². The van der Waals surface area contributed by atoms with Crippen molar-refractivity contribution in [1.29, 1.82) is 0 Å². The quantitative estimate of drug-likeness (QED) is 0.891. The third-order valence-corrected chi connectivity index (χ3v) is 4.57. The predicted molar refractivity (Wildman–Crippen MR) is 78.6 cm³/mol. The first-order chi connectivity index (χ1) is 10.2. The molecule has 0 spiro atoms. The summed E-state index contributed by atoms with van der Waals surface area (Å²) in [5.41, 5.74) is 7.11. The van der Waals surface area contributed by atoms with Crippen molar-refractivity contribution in [2.24, 2.45) is 11.7 Å². The highest BCUT2D eigenvalue weighted by Gasteiger charge is 2.30. The lowest BCUT2D eigenvalue weighted by Gasteiger charge is -2.30. The first-order valence-corrected chi connectivity index (χ1v) is 7.62. The number of aliphatic hydroxyl groups is 1. The molecule has 1 aliphatic carbocycles. The molecule has 1 fully saturated rings. The summed E-state index contributed by atoms with van der Waals surface area (Å²) in [6, 6.07) is 3.25. The van der Waals surface area contributed by atoms with E-state index in [1.807, 2.05) is 12.1 Å². The minimum absolute atomic E-state index is 0.190. The number of ether oxygens (including phenoxy) is 3. The van der Waals surface area contributed by atoms with Gasteiger partial charge < -0.3 is 25.1 Å². The van der Waals surface area contributed by atoms with Crippen molar-refractivity contribution >= 4 is 0 Å². The molecule has 0 aromatic heterocycles. The summed E-state index contributed by atoms with van der Waals surface area (Å²) in [6.07, 6.45) is 5.19. The molecule has 5 nitrogen and oxygen atoms in total. The highest BCUT2D eigenvalue weighted by Crippen LogP contribution is 2.43. The van der Waals surface area contributed by atoms with E-state index in [-0.39, 0.29) is 12.7 Å². The van der Waals surface area contributed by atoms with Crippen LogP contribution >= 0.6 is 0 Å². The Morgan fingerprint density at radius 3 is 2.71 bits per heavy atom. The standard InChI is InChI=1S/C16H23NO4/c1-19-12-7-11(8-13-16(12)21-9-20-13)14(17)15(18)10-5-3-2-4-6-10/h7-8,10,14-15,18H,2-6,9,17H2,1H3/t14-,15+/m0/s1. The molecule has 1 aromatic rings. The van der Waals surface area contributed by atoms with E-state index in [0.29, 0.717) is 17.2 Å². The van der Waals surface area contributed by atoms with E-state index in [1.165, 1.54) is 19.3 Å². The number of methoxy groups -OCH3 is 1. The fourth-order valence-electron chi connectivity index (χ4n) is 3.31. The smallest absolute Gasteiger partial charge is 0.231 e. The number of nitrogens with two attached hydrogens (primary N) is 1. The molecule has 0 saturated heterocycles. The van der Waals surface area contributed by atoms with Crippen LogP contribution in [0.1, 0.15) is 43.7 Å². The summed E-state index contributed by atoms with van der Waals surface area (Å²) in [5, 5.41) is 10.6. The van der Waals surface area contributed by atoms with E-state index in [9.17, 15) is 5.11 Å². The zero-order valence-electron chi connectivity index (χ0n) is 12.4. The maximum Gasteiger partial charge on any atom is 0.231 e. The Morgan fingerprint density at radius 1 is 1.24 bits per heavy atom. The minimum Gasteiger partial charge on any atom is -0.493 e. The van der Waals surface area contributed by atoms with Gasteiger partial charge in [0.25, 0.3) is 0 Å². The molecule has 21 heavy (non-hydrogen) atoms. The second-order valence-electron chi connectivity index (χ2n) is 5.87. The molecule has 3 rings (SSSR count). The normalized spacial score (nSPS) is 21.1. The molecule has 1 saturated carbocycles. The van der Waals surface area contributed by atoms with Gasteiger partial charge in [0.05, 0.1) is 19.3 Å². The van der Waals surface area contributed by atoms with Gasteiger partial charge in [-0.3, -0.25) is 0 Å². The van der Waals surface area contributed by atoms with Crippen LogP contribution in [0.25, 0.3) is 0 Å². The minimum atomic E-state index is -0.532. The van der Waals surface area contributed by atoms with Crippen LogP contribution in [-0.2, 0) is 0 Å². The van der Waals surface area contributed by atoms with Crippen LogP contribution in [0.15, 0.2) is 12.1 Å². The molecule has 1 heterocycles. The summed E-state index contributed by atoms with van der Waals surface area (Å²) in [6.45, 7) is 0.190. The van der Waals surface area contributed by atoms with Gasteiger partial charge in [-0.2, -0.15) is 0 Å². The molecule has 116 valence electrons. The van der Waals surface area contributed by atoms with Crippen molar-refractivity contribution in [2.45, 2.75) is 44.2 Å². The average molecular weight is 293 g/mol. The van der Waals surface area contributed by atoms with E-state index < -0.39 is 12.1 Å². The van der Waals surface area contributed by atoms with Crippen LogP contribution in [0.4, 0.5) is 0 Å². The van der Waals surface area contributed by atoms with E-state index in [1.54, 1.807) is 7.11 Å². The molecule has 5 heteroatoms. The van der Waals surface area contributed by atoms with Gasteiger partial charge in [0, 0.05) is 0 Å². The Hall–Kier alpha value is -1.46. The molecule has 0 amide bonds. The monoisotopic (exact) mass is 293 g/mol. The van der Waals surface area contributed by atoms with E-state index in [4.69, 9.17) is 19.9 Å². The summed E-state index contributed by atoms with van der Waals surface area (Å²) in [4.78, 5) is 0. The topological polar surface area (TPSA) is 73.9 Å². The van der Waals surface area contributed by atoms with Gasteiger partial charge in [-0.25, -0.2) is 0 Å². The molecule has 2 aliphatic rings. The largest absolute Gasteiger partial charge is 0.493 e. The van der Waals surface area contributed by atoms with Crippen LogP contribution in [0.2, 0.25) is 0 Å². The Bertz CT molecular complexity index is 499. The lowest BCUT2D eigenvalue weighted by Crippen LogP contribution is -2.34. The molecule has 0 radical (unpaired) electrons. The lowest BCUT2D eigenvalue weighted by molar-refractivity contribution is 0.0617. The number of benzene rings is 1. The number of aliphatic hydroxyl groups excluding tert-OH is 1. The highest BCUT2D eigenvalue weighted by molar-refractivity contribution is 5.55. The summed E-state index contributed by atoms with van der Waals surface area (Å²) >= 11 is 0. The Labute approximate surface area is 125 Å². The Balaban J connectivity index is 1.82. The fourth-order valence-corrected chi connectivity index (χ4v) is 3.31. The molecule has 0 unspecified atom stereocenters. The molecule has 2 atom stereocenters.